The van der Waals surface area contributed by atoms with Gasteiger partial charge in [-0.1, -0.05) is 24.3 Å². The number of nitrogens with zero attached hydrogens (tertiary/aromatic N) is 3. The number of ether oxygens (including phenoxy) is 1. The third-order valence-corrected chi connectivity index (χ3v) is 5.71. The molecule has 1 aromatic rings. The Morgan fingerprint density at radius 2 is 1.83 bits per heavy atom. The maximum Gasteiger partial charge on any atom is 0.435 e. The lowest BCUT2D eigenvalue weighted by Gasteiger charge is -2.31. The van der Waals surface area contributed by atoms with Crippen molar-refractivity contribution in [2.75, 3.05) is 26.2 Å². The molecule has 1 aliphatic heterocycles. The normalized spacial score (nSPS) is 18.6. The van der Waals surface area contributed by atoms with Crippen molar-refractivity contribution in [2.24, 2.45) is 5.92 Å². The number of nitrogens with one attached hydrogen (secondary N) is 2. The number of hydrogen-bond donors (Lipinski definition) is 2. The number of likely N-dealkylation sites (tertiary alicyclic amines) is 1. The summed E-state index contributed by atoms with van der Waals surface area (Å²) in [5.41, 5.74) is -1.81. The molecular formula is C23H30F3N5O4. The van der Waals surface area contributed by atoms with Crippen molar-refractivity contribution < 1.29 is 32.3 Å². The summed E-state index contributed by atoms with van der Waals surface area (Å²) in [6, 6.07) is -0.402. The van der Waals surface area contributed by atoms with Gasteiger partial charge in [0.25, 0.3) is 5.91 Å². The van der Waals surface area contributed by atoms with Gasteiger partial charge >= 0.3 is 12.3 Å². The predicted molar refractivity (Wildman–Crippen MR) is 120 cm³/mol. The van der Waals surface area contributed by atoms with Crippen LogP contribution in [0.5, 0.6) is 0 Å². The summed E-state index contributed by atoms with van der Waals surface area (Å²) in [4.78, 5) is 38.4. The standard InChI is InChI=1S/C23H30F3N5O4/c1-15(2)35-22(34)30-12-8-16(9-13-30)20(32)27-10-11-28-21(33)18-14-31(17-6-4-3-5-7-17)29-19(18)23(24,25)26/h3-6,14-17H,7-13H2,1-2H3,(H,27,32)(H,28,33). The Hall–Kier alpha value is -3.31. The van der Waals surface area contributed by atoms with E-state index in [0.29, 0.717) is 32.4 Å². The first-order valence-electron chi connectivity index (χ1n) is 11.6. The molecule has 2 aliphatic rings. The Morgan fingerprint density at radius 1 is 1.14 bits per heavy atom. The van der Waals surface area contributed by atoms with E-state index < -0.39 is 35.5 Å². The Balaban J connectivity index is 1.47. The molecule has 192 valence electrons. The third kappa shape index (κ3) is 7.09. The molecule has 0 radical (unpaired) electrons. The van der Waals surface area contributed by atoms with E-state index in [1.165, 1.54) is 0 Å². The SMILES string of the molecule is CC(C)OC(=O)N1CCC(C(=O)NCCNC(=O)c2cn(C3C=CC=CC3)nc2C(F)(F)F)CC1. The Bertz CT molecular complexity index is 978. The first kappa shape index (κ1) is 26.3. The van der Waals surface area contributed by atoms with E-state index in [2.05, 4.69) is 15.7 Å². The molecule has 1 fully saturated rings. The van der Waals surface area contributed by atoms with Crippen molar-refractivity contribution in [1.82, 2.24) is 25.3 Å². The fraction of sp³-hybridized carbons (Fsp3) is 0.565. The molecule has 0 saturated carbocycles. The highest BCUT2D eigenvalue weighted by Crippen LogP contribution is 2.32. The molecule has 1 saturated heterocycles. The molecule has 3 rings (SSSR count). The number of carbonyl (C=O) groups excluding carboxylic acids is 3. The van der Waals surface area contributed by atoms with Crippen molar-refractivity contribution in [3.63, 3.8) is 0 Å². The molecule has 0 spiro atoms. The van der Waals surface area contributed by atoms with Crippen molar-refractivity contribution in [2.45, 2.75) is 51.4 Å². The van der Waals surface area contributed by atoms with Crippen LogP contribution in [-0.2, 0) is 15.7 Å². The number of halogens is 3. The lowest BCUT2D eigenvalue weighted by atomic mass is 9.96. The second kappa shape index (κ2) is 11.4. The van der Waals surface area contributed by atoms with Crippen LogP contribution in [0.25, 0.3) is 0 Å². The maximum atomic E-state index is 13.5. The van der Waals surface area contributed by atoms with Gasteiger partial charge < -0.3 is 20.3 Å². The van der Waals surface area contributed by atoms with Gasteiger partial charge in [-0.15, -0.1) is 0 Å². The van der Waals surface area contributed by atoms with Crippen LogP contribution < -0.4 is 10.6 Å². The monoisotopic (exact) mass is 497 g/mol. The molecule has 35 heavy (non-hydrogen) atoms. The number of allylic oxidation sites excluding steroid dienone is 4. The average molecular weight is 498 g/mol. The first-order valence-corrected chi connectivity index (χ1v) is 11.6. The van der Waals surface area contributed by atoms with Crippen molar-refractivity contribution >= 4 is 17.9 Å². The van der Waals surface area contributed by atoms with Crippen LogP contribution >= 0.6 is 0 Å². The van der Waals surface area contributed by atoms with Gasteiger partial charge in [0.15, 0.2) is 5.69 Å². The van der Waals surface area contributed by atoms with Gasteiger partial charge in [-0.25, -0.2) is 4.79 Å². The van der Waals surface area contributed by atoms with Gasteiger partial charge in [0, 0.05) is 38.3 Å². The maximum absolute atomic E-state index is 13.5. The molecule has 2 heterocycles. The number of hydrogen-bond acceptors (Lipinski definition) is 5. The number of amides is 3. The number of piperidine rings is 1. The summed E-state index contributed by atoms with van der Waals surface area (Å²) >= 11 is 0. The minimum atomic E-state index is -4.78. The molecule has 0 aromatic carbocycles. The van der Waals surface area contributed by atoms with Crippen LogP contribution in [0, 0.1) is 5.92 Å². The highest BCUT2D eigenvalue weighted by atomic mass is 19.4. The highest BCUT2D eigenvalue weighted by Gasteiger charge is 2.39. The van der Waals surface area contributed by atoms with Gasteiger partial charge in [0.2, 0.25) is 5.91 Å². The Morgan fingerprint density at radius 3 is 2.43 bits per heavy atom. The molecule has 12 heteroatoms. The molecule has 0 bridgehead atoms. The van der Waals surface area contributed by atoms with Gasteiger partial charge in [-0.2, -0.15) is 18.3 Å². The largest absolute Gasteiger partial charge is 0.447 e. The fourth-order valence-electron chi connectivity index (χ4n) is 3.90. The predicted octanol–water partition coefficient (Wildman–Crippen LogP) is 3.06. The quantitative estimate of drug-likeness (QED) is 0.564. The van der Waals surface area contributed by atoms with E-state index in [1.807, 2.05) is 6.08 Å². The van der Waals surface area contributed by atoms with Crippen LogP contribution in [-0.4, -0.2) is 64.9 Å². The summed E-state index contributed by atoms with van der Waals surface area (Å²) in [5.74, 6) is -1.43. The van der Waals surface area contributed by atoms with Crippen LogP contribution in [0.1, 0.15) is 55.2 Å². The van der Waals surface area contributed by atoms with E-state index in [4.69, 9.17) is 4.74 Å². The zero-order valence-corrected chi connectivity index (χ0v) is 19.7. The minimum Gasteiger partial charge on any atom is -0.447 e. The van der Waals surface area contributed by atoms with Crippen LogP contribution in [0.4, 0.5) is 18.0 Å². The van der Waals surface area contributed by atoms with Crippen molar-refractivity contribution in [1.29, 1.82) is 0 Å². The second-order valence-electron chi connectivity index (χ2n) is 8.73. The first-order chi connectivity index (χ1) is 16.6. The van der Waals surface area contributed by atoms with Crippen LogP contribution in [0.2, 0.25) is 0 Å². The number of alkyl halides is 3. The fourth-order valence-corrected chi connectivity index (χ4v) is 3.90. The molecular weight excluding hydrogens is 467 g/mol. The van der Waals surface area contributed by atoms with E-state index in [9.17, 15) is 27.6 Å². The van der Waals surface area contributed by atoms with Gasteiger partial charge in [-0.3, -0.25) is 14.3 Å². The van der Waals surface area contributed by atoms with E-state index in [-0.39, 0.29) is 31.0 Å². The zero-order valence-electron chi connectivity index (χ0n) is 19.7. The van der Waals surface area contributed by atoms with E-state index in [1.54, 1.807) is 37.0 Å². The number of rotatable bonds is 7. The highest BCUT2D eigenvalue weighted by molar-refractivity contribution is 5.95. The average Bonchev–Trinajstić information content (AvgIpc) is 3.28. The second-order valence-corrected chi connectivity index (χ2v) is 8.73. The summed E-state index contributed by atoms with van der Waals surface area (Å²) < 4.78 is 46.6. The summed E-state index contributed by atoms with van der Waals surface area (Å²) in [6.45, 7) is 4.34. The molecule has 3 amide bonds. The van der Waals surface area contributed by atoms with Crippen LogP contribution in [0.15, 0.2) is 30.5 Å². The van der Waals surface area contributed by atoms with Gasteiger partial charge in [0.05, 0.1) is 17.7 Å². The van der Waals surface area contributed by atoms with Gasteiger partial charge in [0.1, 0.15) is 0 Å². The van der Waals surface area contributed by atoms with E-state index in [0.717, 1.165) is 10.9 Å². The number of carbonyl (C=O) groups is 3. The lowest BCUT2D eigenvalue weighted by Crippen LogP contribution is -2.44. The zero-order chi connectivity index (χ0) is 25.6. The smallest absolute Gasteiger partial charge is 0.435 e. The Kier molecular flexibility index (Phi) is 8.57. The number of aromatic nitrogens is 2. The molecule has 1 aromatic heterocycles. The summed E-state index contributed by atoms with van der Waals surface area (Å²) in [7, 11) is 0. The molecule has 1 aliphatic carbocycles. The van der Waals surface area contributed by atoms with Crippen molar-refractivity contribution in [3.8, 4) is 0 Å². The van der Waals surface area contributed by atoms with E-state index >= 15 is 0 Å². The van der Waals surface area contributed by atoms with Crippen LogP contribution in [0.3, 0.4) is 0 Å². The molecule has 1 atom stereocenters. The molecule has 2 N–H and O–H groups in total. The van der Waals surface area contributed by atoms with Crippen molar-refractivity contribution in [3.05, 3.63) is 41.8 Å². The van der Waals surface area contributed by atoms with Gasteiger partial charge in [-0.05, 0) is 33.1 Å². The molecule has 9 nitrogen and oxygen atoms in total. The topological polar surface area (TPSA) is 106 Å². The molecule has 1 unspecified atom stereocenters. The lowest BCUT2D eigenvalue weighted by molar-refractivity contribution is -0.141. The summed E-state index contributed by atoms with van der Waals surface area (Å²) in [6.07, 6.45) is 4.14. The summed E-state index contributed by atoms with van der Waals surface area (Å²) in [5, 5.41) is 8.72. The third-order valence-electron chi connectivity index (χ3n) is 5.71. The Labute approximate surface area is 201 Å². The minimum absolute atomic E-state index is 0.0430.